The highest BCUT2D eigenvalue weighted by Gasteiger charge is 2.16. The first-order valence-electron chi connectivity index (χ1n) is 3.47. The Labute approximate surface area is 60.3 Å². The zero-order chi connectivity index (χ0) is 6.97. The Morgan fingerprint density at radius 1 is 1.80 bits per heavy atom. The summed E-state index contributed by atoms with van der Waals surface area (Å²) in [4.78, 5) is 4.12. The van der Waals surface area contributed by atoms with E-state index in [0.717, 1.165) is 12.2 Å². The minimum atomic E-state index is 0.470. The molecule has 0 aromatic carbocycles. The van der Waals surface area contributed by atoms with Crippen LogP contribution in [0, 0.1) is 6.20 Å². The van der Waals surface area contributed by atoms with E-state index >= 15 is 0 Å². The molecule has 1 radical (unpaired) electrons. The van der Waals surface area contributed by atoms with E-state index in [4.69, 9.17) is 0 Å². The minimum Gasteiger partial charge on any atom is -0.304 e. The van der Waals surface area contributed by atoms with Crippen molar-refractivity contribution in [3.05, 3.63) is 29.6 Å². The standard InChI is InChI=1S/C8H9N2/c1-6-7-3-2-4-9-8(7)5-10-6/h2-3,6,10H,5H2,1H3. The minimum absolute atomic E-state index is 0.470. The Kier molecular flexibility index (Phi) is 1.21. The number of hydrogen-bond donors (Lipinski definition) is 1. The lowest BCUT2D eigenvalue weighted by atomic mass is 10.1. The van der Waals surface area contributed by atoms with Gasteiger partial charge in [0.15, 0.2) is 0 Å². The summed E-state index contributed by atoms with van der Waals surface area (Å²) in [5.74, 6) is 0. The third kappa shape index (κ3) is 0.727. The Morgan fingerprint density at radius 3 is 3.50 bits per heavy atom. The van der Waals surface area contributed by atoms with Crippen molar-refractivity contribution in [1.82, 2.24) is 10.3 Å². The molecular weight excluding hydrogens is 124 g/mol. The van der Waals surface area contributed by atoms with Crippen molar-refractivity contribution in [1.29, 1.82) is 0 Å². The van der Waals surface area contributed by atoms with E-state index in [1.165, 1.54) is 5.56 Å². The van der Waals surface area contributed by atoms with Gasteiger partial charge in [-0.15, -0.1) is 0 Å². The van der Waals surface area contributed by atoms with Gasteiger partial charge in [-0.25, -0.2) is 4.98 Å². The first kappa shape index (κ1) is 5.86. The highest BCUT2D eigenvalue weighted by atomic mass is 15.0. The van der Waals surface area contributed by atoms with Crippen LogP contribution in [0.4, 0.5) is 0 Å². The molecule has 0 amide bonds. The molecule has 1 aromatic heterocycles. The number of nitrogens with one attached hydrogen (secondary N) is 1. The first-order chi connectivity index (χ1) is 4.88. The first-order valence-corrected chi connectivity index (χ1v) is 3.47. The molecule has 51 valence electrons. The van der Waals surface area contributed by atoms with Crippen LogP contribution in [0.2, 0.25) is 0 Å². The van der Waals surface area contributed by atoms with Crippen LogP contribution in [0.15, 0.2) is 12.1 Å². The van der Waals surface area contributed by atoms with Gasteiger partial charge in [0.2, 0.25) is 0 Å². The number of hydrogen-bond acceptors (Lipinski definition) is 2. The highest BCUT2D eigenvalue weighted by molar-refractivity contribution is 5.26. The summed E-state index contributed by atoms with van der Waals surface area (Å²) in [6.45, 7) is 3.04. The van der Waals surface area contributed by atoms with Crippen molar-refractivity contribution in [2.45, 2.75) is 19.5 Å². The Bertz CT molecular complexity index is 245. The van der Waals surface area contributed by atoms with Crippen LogP contribution in [0.1, 0.15) is 24.2 Å². The van der Waals surface area contributed by atoms with Crippen molar-refractivity contribution in [2.75, 3.05) is 0 Å². The average Bonchev–Trinajstić information content (AvgIpc) is 2.34. The fourth-order valence-corrected chi connectivity index (χ4v) is 1.30. The number of rotatable bonds is 0. The molecule has 1 aliphatic heterocycles. The molecule has 0 saturated heterocycles. The quantitative estimate of drug-likeness (QED) is 0.572. The lowest BCUT2D eigenvalue weighted by Gasteiger charge is -2.00. The second kappa shape index (κ2) is 2.06. The van der Waals surface area contributed by atoms with Crippen molar-refractivity contribution in [2.24, 2.45) is 0 Å². The average molecular weight is 133 g/mol. The molecule has 10 heavy (non-hydrogen) atoms. The lowest BCUT2D eigenvalue weighted by molar-refractivity contribution is 0.632. The summed E-state index contributed by atoms with van der Waals surface area (Å²) >= 11 is 0. The van der Waals surface area contributed by atoms with Crippen LogP contribution in [-0.4, -0.2) is 4.98 Å². The summed E-state index contributed by atoms with van der Waals surface area (Å²) in [5, 5.41) is 3.30. The topological polar surface area (TPSA) is 24.9 Å². The summed E-state index contributed by atoms with van der Waals surface area (Å²) in [7, 11) is 0. The van der Waals surface area contributed by atoms with Gasteiger partial charge in [0, 0.05) is 12.6 Å². The van der Waals surface area contributed by atoms with E-state index in [1.807, 2.05) is 6.07 Å². The van der Waals surface area contributed by atoms with Gasteiger partial charge in [-0.05, 0) is 18.6 Å². The SMILES string of the molecule is CC1NCc2n[c]ccc21. The van der Waals surface area contributed by atoms with Crippen LogP contribution in [0.25, 0.3) is 0 Å². The molecule has 2 nitrogen and oxygen atoms in total. The summed E-state index contributed by atoms with van der Waals surface area (Å²) in [6, 6.07) is 4.41. The van der Waals surface area contributed by atoms with E-state index in [9.17, 15) is 0 Å². The smallest absolute Gasteiger partial charge is 0.0890 e. The van der Waals surface area contributed by atoms with Crippen molar-refractivity contribution < 1.29 is 0 Å². The van der Waals surface area contributed by atoms with Gasteiger partial charge in [-0.1, -0.05) is 6.07 Å². The molecule has 2 heteroatoms. The number of pyridine rings is 1. The summed E-state index contributed by atoms with van der Waals surface area (Å²) < 4.78 is 0. The van der Waals surface area contributed by atoms with Crippen LogP contribution >= 0.6 is 0 Å². The highest BCUT2D eigenvalue weighted by Crippen LogP contribution is 2.21. The largest absolute Gasteiger partial charge is 0.304 e. The van der Waals surface area contributed by atoms with Gasteiger partial charge in [0.1, 0.15) is 0 Å². The fourth-order valence-electron chi connectivity index (χ4n) is 1.30. The van der Waals surface area contributed by atoms with Gasteiger partial charge in [0.05, 0.1) is 11.9 Å². The van der Waals surface area contributed by atoms with Gasteiger partial charge < -0.3 is 5.32 Å². The van der Waals surface area contributed by atoms with Crippen molar-refractivity contribution >= 4 is 0 Å². The van der Waals surface area contributed by atoms with E-state index in [0.29, 0.717) is 6.04 Å². The third-order valence-corrected chi connectivity index (χ3v) is 1.91. The van der Waals surface area contributed by atoms with E-state index < -0.39 is 0 Å². The van der Waals surface area contributed by atoms with Crippen molar-refractivity contribution in [3.8, 4) is 0 Å². The number of nitrogens with zero attached hydrogens (tertiary/aromatic N) is 1. The maximum absolute atomic E-state index is 4.12. The zero-order valence-electron chi connectivity index (χ0n) is 5.89. The molecular formula is C8H9N2. The summed E-state index contributed by atoms with van der Waals surface area (Å²) in [6.07, 6.45) is 2.82. The molecule has 1 atom stereocenters. The maximum atomic E-state index is 4.12. The maximum Gasteiger partial charge on any atom is 0.0890 e. The Morgan fingerprint density at radius 2 is 2.70 bits per heavy atom. The molecule has 0 fully saturated rings. The molecule has 1 aliphatic rings. The van der Waals surface area contributed by atoms with Gasteiger partial charge >= 0.3 is 0 Å². The normalized spacial score (nSPS) is 22.7. The zero-order valence-corrected chi connectivity index (χ0v) is 5.89. The summed E-state index contributed by atoms with van der Waals surface area (Å²) in [5.41, 5.74) is 2.47. The van der Waals surface area contributed by atoms with Gasteiger partial charge in [-0.2, -0.15) is 0 Å². The van der Waals surface area contributed by atoms with E-state index in [-0.39, 0.29) is 0 Å². The monoisotopic (exact) mass is 133 g/mol. The predicted octanol–water partition coefficient (Wildman–Crippen LogP) is 1.05. The van der Waals surface area contributed by atoms with Crippen molar-refractivity contribution in [3.63, 3.8) is 0 Å². The molecule has 1 N–H and O–H groups in total. The second-order valence-corrected chi connectivity index (χ2v) is 2.58. The molecule has 0 spiro atoms. The third-order valence-electron chi connectivity index (χ3n) is 1.91. The van der Waals surface area contributed by atoms with Crippen LogP contribution < -0.4 is 5.32 Å². The molecule has 0 aliphatic carbocycles. The molecule has 2 heterocycles. The van der Waals surface area contributed by atoms with E-state index in [2.05, 4.69) is 29.5 Å². The fraction of sp³-hybridized carbons (Fsp3) is 0.375. The van der Waals surface area contributed by atoms with Crippen LogP contribution in [0.5, 0.6) is 0 Å². The molecule has 0 bridgehead atoms. The van der Waals surface area contributed by atoms with Gasteiger partial charge in [0.25, 0.3) is 0 Å². The van der Waals surface area contributed by atoms with Gasteiger partial charge in [-0.3, -0.25) is 0 Å². The van der Waals surface area contributed by atoms with E-state index in [1.54, 1.807) is 0 Å². The van der Waals surface area contributed by atoms with Crippen LogP contribution in [-0.2, 0) is 6.54 Å². The molecule has 0 saturated carbocycles. The predicted molar refractivity (Wildman–Crippen MR) is 38.3 cm³/mol. The van der Waals surface area contributed by atoms with Crippen LogP contribution in [0.3, 0.4) is 0 Å². The molecule has 1 unspecified atom stereocenters. The lowest BCUT2D eigenvalue weighted by Crippen LogP contribution is -2.06. The molecule has 2 rings (SSSR count). The second-order valence-electron chi connectivity index (χ2n) is 2.58. The molecule has 1 aromatic rings. The number of aromatic nitrogens is 1. The Balaban J connectivity index is 2.51. The number of fused-ring (bicyclic) bond motifs is 1. The Hall–Kier alpha value is -0.890.